The molecule has 0 bridgehead atoms. The largest absolute Gasteiger partial charge is 0.477 e. The van der Waals surface area contributed by atoms with Crippen LogP contribution in [0.15, 0.2) is 4.99 Å². The monoisotopic (exact) mass is 183 g/mol. The molecule has 1 atom stereocenters. The first-order valence-corrected chi connectivity index (χ1v) is 5.00. The summed E-state index contributed by atoms with van der Waals surface area (Å²) in [4.78, 5) is 14.6. The van der Waals surface area contributed by atoms with Crippen molar-refractivity contribution < 1.29 is 9.90 Å². The van der Waals surface area contributed by atoms with Gasteiger partial charge in [-0.25, -0.2) is 4.79 Å². The van der Waals surface area contributed by atoms with Gasteiger partial charge < -0.3 is 5.11 Å². The Labute approximate surface area is 78.9 Å². The van der Waals surface area contributed by atoms with Crippen molar-refractivity contribution in [3.63, 3.8) is 0 Å². The van der Waals surface area contributed by atoms with Crippen LogP contribution in [0.2, 0.25) is 0 Å². The van der Waals surface area contributed by atoms with Gasteiger partial charge in [0.25, 0.3) is 0 Å². The number of carboxylic acids is 1. The van der Waals surface area contributed by atoms with E-state index in [9.17, 15) is 4.79 Å². The summed E-state index contributed by atoms with van der Waals surface area (Å²) in [6, 6.07) is 0. The van der Waals surface area contributed by atoms with Gasteiger partial charge >= 0.3 is 5.97 Å². The molecule has 3 heteroatoms. The number of rotatable bonds is 4. The zero-order valence-electron chi connectivity index (χ0n) is 8.12. The minimum Gasteiger partial charge on any atom is -0.477 e. The minimum absolute atomic E-state index is 0.368. The number of carboxylic acid groups (broad SMARTS) is 1. The highest BCUT2D eigenvalue weighted by atomic mass is 16.4. The fraction of sp³-hybridized carbons (Fsp3) is 0.800. The van der Waals surface area contributed by atoms with Crippen LogP contribution >= 0.6 is 0 Å². The van der Waals surface area contributed by atoms with Gasteiger partial charge in [0.05, 0.1) is 0 Å². The smallest absolute Gasteiger partial charge is 0.349 e. The maximum Gasteiger partial charge on any atom is 0.349 e. The van der Waals surface area contributed by atoms with Gasteiger partial charge in [-0.15, -0.1) is 0 Å². The summed E-state index contributed by atoms with van der Waals surface area (Å²) in [6.45, 7) is 2.90. The summed E-state index contributed by atoms with van der Waals surface area (Å²) in [6.07, 6.45) is 5.32. The van der Waals surface area contributed by atoms with E-state index in [0.717, 1.165) is 13.0 Å². The van der Waals surface area contributed by atoms with Gasteiger partial charge in [0.15, 0.2) is 0 Å². The van der Waals surface area contributed by atoms with Crippen molar-refractivity contribution in [3.05, 3.63) is 0 Å². The molecule has 0 saturated carbocycles. The van der Waals surface area contributed by atoms with Crippen molar-refractivity contribution in [1.82, 2.24) is 0 Å². The van der Waals surface area contributed by atoms with E-state index >= 15 is 0 Å². The topological polar surface area (TPSA) is 49.7 Å². The Morgan fingerprint density at radius 3 is 2.92 bits per heavy atom. The zero-order chi connectivity index (χ0) is 9.68. The van der Waals surface area contributed by atoms with Crippen LogP contribution in [0.4, 0.5) is 0 Å². The highest BCUT2D eigenvalue weighted by Gasteiger charge is 2.18. The average molecular weight is 183 g/mol. The summed E-state index contributed by atoms with van der Waals surface area (Å²) in [5.74, 6) is -0.211. The molecular weight excluding hydrogens is 166 g/mol. The van der Waals surface area contributed by atoms with Gasteiger partial charge in [-0.1, -0.05) is 19.8 Å². The Kier molecular flexibility index (Phi) is 3.93. The summed E-state index contributed by atoms with van der Waals surface area (Å²) in [5.41, 5.74) is 0.368. The van der Waals surface area contributed by atoms with E-state index in [0.29, 0.717) is 18.1 Å². The Hall–Kier alpha value is -0.860. The molecule has 1 rings (SSSR count). The van der Waals surface area contributed by atoms with E-state index in [1.165, 1.54) is 19.3 Å². The number of hydrogen-bond acceptors (Lipinski definition) is 2. The third-order valence-electron chi connectivity index (χ3n) is 2.54. The van der Waals surface area contributed by atoms with Crippen LogP contribution in [0.5, 0.6) is 0 Å². The van der Waals surface area contributed by atoms with Crippen molar-refractivity contribution in [2.24, 2.45) is 10.9 Å². The lowest BCUT2D eigenvalue weighted by molar-refractivity contribution is -0.129. The van der Waals surface area contributed by atoms with E-state index in [1.807, 2.05) is 0 Å². The number of hydrogen-bond donors (Lipinski definition) is 1. The minimum atomic E-state index is -0.839. The molecule has 0 aromatic carbocycles. The SMILES string of the molecule is CCCC[C@H]1CCC(C(=O)O)=NC1. The molecule has 0 unspecified atom stereocenters. The summed E-state index contributed by atoms with van der Waals surface area (Å²) >= 11 is 0. The Morgan fingerprint density at radius 2 is 2.46 bits per heavy atom. The van der Waals surface area contributed by atoms with Crippen molar-refractivity contribution in [2.45, 2.75) is 39.0 Å². The second kappa shape index (κ2) is 5.00. The molecule has 74 valence electrons. The molecule has 0 aliphatic carbocycles. The van der Waals surface area contributed by atoms with Gasteiger partial charge in [-0.2, -0.15) is 0 Å². The maximum absolute atomic E-state index is 10.5. The Balaban J connectivity index is 2.33. The summed E-state index contributed by atoms with van der Waals surface area (Å²) in [7, 11) is 0. The number of aliphatic carboxylic acids is 1. The second-order valence-corrected chi connectivity index (χ2v) is 3.64. The predicted molar refractivity (Wildman–Crippen MR) is 52.2 cm³/mol. The molecule has 1 aliphatic heterocycles. The average Bonchev–Trinajstić information content (AvgIpc) is 2.15. The number of nitrogens with zero attached hydrogens (tertiary/aromatic N) is 1. The van der Waals surface area contributed by atoms with Crippen LogP contribution in [-0.2, 0) is 4.79 Å². The van der Waals surface area contributed by atoms with Crippen molar-refractivity contribution in [3.8, 4) is 0 Å². The fourth-order valence-corrected chi connectivity index (χ4v) is 1.65. The highest BCUT2D eigenvalue weighted by molar-refractivity contribution is 6.35. The Morgan fingerprint density at radius 1 is 1.69 bits per heavy atom. The first-order chi connectivity index (χ1) is 6.24. The molecule has 3 nitrogen and oxygen atoms in total. The zero-order valence-corrected chi connectivity index (χ0v) is 8.12. The molecular formula is C10H17NO2. The molecule has 0 radical (unpaired) electrons. The molecule has 1 heterocycles. The fourth-order valence-electron chi connectivity index (χ4n) is 1.65. The lowest BCUT2D eigenvalue weighted by Gasteiger charge is -2.18. The quantitative estimate of drug-likeness (QED) is 0.725. The molecule has 13 heavy (non-hydrogen) atoms. The van der Waals surface area contributed by atoms with E-state index < -0.39 is 5.97 Å². The third kappa shape index (κ3) is 3.17. The van der Waals surface area contributed by atoms with Crippen LogP contribution in [0.1, 0.15) is 39.0 Å². The lowest BCUT2D eigenvalue weighted by atomic mass is 9.93. The van der Waals surface area contributed by atoms with Crippen LogP contribution in [0.25, 0.3) is 0 Å². The number of carbonyl (C=O) groups is 1. The summed E-state index contributed by atoms with van der Waals surface area (Å²) < 4.78 is 0. The highest BCUT2D eigenvalue weighted by Crippen LogP contribution is 2.19. The summed E-state index contributed by atoms with van der Waals surface area (Å²) in [5, 5.41) is 8.67. The molecule has 0 aromatic heterocycles. The molecule has 0 spiro atoms. The van der Waals surface area contributed by atoms with E-state index in [-0.39, 0.29) is 0 Å². The molecule has 1 aliphatic rings. The molecule has 1 N–H and O–H groups in total. The predicted octanol–water partition coefficient (Wildman–Crippen LogP) is 2.11. The van der Waals surface area contributed by atoms with E-state index in [1.54, 1.807) is 0 Å². The van der Waals surface area contributed by atoms with Crippen molar-refractivity contribution in [1.29, 1.82) is 0 Å². The van der Waals surface area contributed by atoms with E-state index in [4.69, 9.17) is 5.11 Å². The van der Waals surface area contributed by atoms with Crippen LogP contribution in [0, 0.1) is 5.92 Å². The molecule has 0 fully saturated rings. The molecule has 0 aromatic rings. The van der Waals surface area contributed by atoms with Gasteiger partial charge in [0.2, 0.25) is 0 Å². The Bertz CT molecular complexity index is 211. The molecule has 0 saturated heterocycles. The van der Waals surface area contributed by atoms with Crippen molar-refractivity contribution >= 4 is 11.7 Å². The van der Waals surface area contributed by atoms with Gasteiger partial charge in [-0.05, 0) is 25.2 Å². The maximum atomic E-state index is 10.5. The lowest BCUT2D eigenvalue weighted by Crippen LogP contribution is -2.22. The normalized spacial score (nSPS) is 22.5. The van der Waals surface area contributed by atoms with Crippen LogP contribution < -0.4 is 0 Å². The van der Waals surface area contributed by atoms with Gasteiger partial charge in [-0.3, -0.25) is 4.99 Å². The third-order valence-corrected chi connectivity index (χ3v) is 2.54. The number of unbranched alkanes of at least 4 members (excludes halogenated alkanes) is 1. The standard InChI is InChI=1S/C10H17NO2/c1-2-3-4-8-5-6-9(10(12)13)11-7-8/h8H,2-7H2,1H3,(H,12,13)/t8-/m0/s1. The first kappa shape index (κ1) is 10.2. The molecule has 0 amide bonds. The van der Waals surface area contributed by atoms with Crippen LogP contribution in [0.3, 0.4) is 0 Å². The van der Waals surface area contributed by atoms with Crippen LogP contribution in [-0.4, -0.2) is 23.3 Å². The van der Waals surface area contributed by atoms with Gasteiger partial charge in [0.1, 0.15) is 5.71 Å². The van der Waals surface area contributed by atoms with Crippen molar-refractivity contribution in [2.75, 3.05) is 6.54 Å². The van der Waals surface area contributed by atoms with Gasteiger partial charge in [0, 0.05) is 6.54 Å². The second-order valence-electron chi connectivity index (χ2n) is 3.64. The van der Waals surface area contributed by atoms with E-state index in [2.05, 4.69) is 11.9 Å². The first-order valence-electron chi connectivity index (χ1n) is 5.00. The number of aliphatic imine (C=N–C) groups is 1.